The van der Waals surface area contributed by atoms with E-state index in [1.807, 2.05) is 0 Å². The van der Waals surface area contributed by atoms with Gasteiger partial charge in [0.05, 0.1) is 23.9 Å². The number of nitrogens with one attached hydrogen (secondary N) is 1. The molecule has 0 spiro atoms. The van der Waals surface area contributed by atoms with Gasteiger partial charge in [-0.05, 0) is 81.1 Å². The van der Waals surface area contributed by atoms with E-state index >= 15 is 0 Å². The summed E-state index contributed by atoms with van der Waals surface area (Å²) in [5.74, 6) is 1.03. The largest absolute Gasteiger partial charge is 0.461 e. The number of fused-ring (bicyclic) bond motifs is 3. The molecule has 5 heterocycles. The van der Waals surface area contributed by atoms with E-state index in [0.717, 1.165) is 49.7 Å². The van der Waals surface area contributed by atoms with Crippen molar-refractivity contribution in [2.24, 2.45) is 0 Å². The smallest absolute Gasteiger partial charge is 0.318 e. The first kappa shape index (κ1) is 22.9. The van der Waals surface area contributed by atoms with Gasteiger partial charge in [-0.2, -0.15) is 9.97 Å². The van der Waals surface area contributed by atoms with Gasteiger partial charge in [-0.25, -0.2) is 0 Å². The molecular weight excluding hydrogens is 450 g/mol. The number of piperazine rings is 1. The summed E-state index contributed by atoms with van der Waals surface area (Å²) >= 11 is 0. The van der Waals surface area contributed by atoms with Crippen molar-refractivity contribution in [2.75, 3.05) is 50.8 Å². The molecule has 0 amide bonds. The van der Waals surface area contributed by atoms with Gasteiger partial charge in [-0.1, -0.05) is 18.2 Å². The number of rotatable bonds is 5. The van der Waals surface area contributed by atoms with Crippen molar-refractivity contribution in [1.29, 1.82) is 0 Å². The third-order valence-electron chi connectivity index (χ3n) is 9.33. The number of anilines is 1. The summed E-state index contributed by atoms with van der Waals surface area (Å²) in [5, 5.41) is 3.47. The lowest BCUT2D eigenvalue weighted by Crippen LogP contribution is -2.45. The number of hydrogen-bond acceptors (Lipinski definition) is 7. The average molecular weight is 490 g/mol. The molecule has 1 aromatic carbocycles. The van der Waals surface area contributed by atoms with Crippen molar-refractivity contribution in [3.05, 3.63) is 46.1 Å². The Morgan fingerprint density at radius 3 is 2.67 bits per heavy atom. The molecule has 7 nitrogen and oxygen atoms in total. The Hall–Kier alpha value is -2.22. The second-order valence-electron chi connectivity index (χ2n) is 11.4. The van der Waals surface area contributed by atoms with Crippen LogP contribution >= 0.6 is 0 Å². The van der Waals surface area contributed by atoms with Crippen molar-refractivity contribution < 1.29 is 9.47 Å². The van der Waals surface area contributed by atoms with Gasteiger partial charge in [0.1, 0.15) is 12.4 Å². The molecule has 5 aliphatic rings. The van der Waals surface area contributed by atoms with Crippen LogP contribution < -0.4 is 15.0 Å². The molecule has 1 unspecified atom stereocenters. The van der Waals surface area contributed by atoms with Crippen LogP contribution in [0, 0.1) is 0 Å². The van der Waals surface area contributed by atoms with Gasteiger partial charge in [-0.3, -0.25) is 4.90 Å². The summed E-state index contributed by atoms with van der Waals surface area (Å²) < 4.78 is 13.0. The molecule has 0 bridgehead atoms. The third-order valence-corrected chi connectivity index (χ3v) is 9.33. The third kappa shape index (κ3) is 4.09. The summed E-state index contributed by atoms with van der Waals surface area (Å²) in [6, 6.07) is 7.36. The summed E-state index contributed by atoms with van der Waals surface area (Å²) in [6.45, 7) is 7.56. The maximum absolute atomic E-state index is 6.56. The first-order valence-corrected chi connectivity index (χ1v) is 14.2. The minimum absolute atomic E-state index is 0.0583. The van der Waals surface area contributed by atoms with Crippen molar-refractivity contribution in [3.63, 3.8) is 0 Å². The Morgan fingerprint density at radius 2 is 1.81 bits per heavy atom. The van der Waals surface area contributed by atoms with Crippen molar-refractivity contribution in [2.45, 2.75) is 76.0 Å². The molecule has 3 fully saturated rings. The van der Waals surface area contributed by atoms with E-state index in [4.69, 9.17) is 19.4 Å². The standard InChI is InChI=1S/C29H39N5O2/c1-2-8-22-21(6-1)7-3-9-23(22)26-18-25-24(19-35-26)27(33-16-12-30-13-17-33)32-28(31-25)36-20-29-10-4-14-34(29)15-5-11-29/h3,7,9,26,30H,1-2,4-6,8,10-20H2. The number of aromatic nitrogens is 2. The Kier molecular flexibility index (Phi) is 6.11. The maximum Gasteiger partial charge on any atom is 0.318 e. The molecule has 0 radical (unpaired) electrons. The van der Waals surface area contributed by atoms with Gasteiger partial charge < -0.3 is 19.7 Å². The van der Waals surface area contributed by atoms with Crippen LogP contribution in [-0.4, -0.2) is 66.3 Å². The van der Waals surface area contributed by atoms with Gasteiger partial charge >= 0.3 is 6.01 Å². The molecule has 2 aromatic rings. The molecule has 1 aromatic heterocycles. The lowest BCUT2D eigenvalue weighted by atomic mass is 9.85. The van der Waals surface area contributed by atoms with Crippen LogP contribution in [-0.2, 0) is 30.6 Å². The van der Waals surface area contributed by atoms with E-state index in [2.05, 4.69) is 33.3 Å². The van der Waals surface area contributed by atoms with Crippen LogP contribution in [0.3, 0.4) is 0 Å². The molecule has 3 saturated heterocycles. The highest BCUT2D eigenvalue weighted by atomic mass is 16.5. The molecule has 7 rings (SSSR count). The summed E-state index contributed by atoms with van der Waals surface area (Å²) in [5.41, 5.74) is 6.87. The summed E-state index contributed by atoms with van der Waals surface area (Å²) in [4.78, 5) is 15.1. The average Bonchev–Trinajstić information content (AvgIpc) is 3.52. The molecular formula is C29H39N5O2. The zero-order valence-corrected chi connectivity index (χ0v) is 21.4. The second-order valence-corrected chi connectivity index (χ2v) is 11.4. The van der Waals surface area contributed by atoms with Gasteiger partial charge in [-0.15, -0.1) is 0 Å². The molecule has 36 heavy (non-hydrogen) atoms. The highest BCUT2D eigenvalue weighted by molar-refractivity contribution is 5.52. The van der Waals surface area contributed by atoms with E-state index in [9.17, 15) is 0 Å². The molecule has 7 heteroatoms. The normalized spacial score (nSPS) is 25.3. The minimum Gasteiger partial charge on any atom is -0.461 e. The first-order chi connectivity index (χ1) is 17.8. The fraction of sp³-hybridized carbons (Fsp3) is 0.655. The maximum atomic E-state index is 6.56. The monoisotopic (exact) mass is 489 g/mol. The summed E-state index contributed by atoms with van der Waals surface area (Å²) in [6.07, 6.45) is 10.8. The van der Waals surface area contributed by atoms with Crippen molar-refractivity contribution in [1.82, 2.24) is 20.2 Å². The molecule has 192 valence electrons. The lowest BCUT2D eigenvalue weighted by molar-refractivity contribution is 0.0247. The topological polar surface area (TPSA) is 62.8 Å². The van der Waals surface area contributed by atoms with E-state index in [1.165, 1.54) is 81.1 Å². The fourth-order valence-electron chi connectivity index (χ4n) is 7.41. The molecule has 1 N–H and O–H groups in total. The quantitative estimate of drug-likeness (QED) is 0.689. The Labute approximate surface area is 214 Å². The van der Waals surface area contributed by atoms with Crippen molar-refractivity contribution >= 4 is 5.82 Å². The van der Waals surface area contributed by atoms with Gasteiger partial charge in [0, 0.05) is 38.2 Å². The molecule has 4 aliphatic heterocycles. The van der Waals surface area contributed by atoms with Crippen LogP contribution in [0.2, 0.25) is 0 Å². The predicted molar refractivity (Wildman–Crippen MR) is 140 cm³/mol. The number of aryl methyl sites for hydroxylation is 1. The number of nitrogens with zero attached hydrogens (tertiary/aromatic N) is 4. The summed E-state index contributed by atoms with van der Waals surface area (Å²) in [7, 11) is 0. The van der Waals surface area contributed by atoms with Gasteiger partial charge in [0.2, 0.25) is 0 Å². The minimum atomic E-state index is 0.0583. The molecule has 1 aliphatic carbocycles. The Morgan fingerprint density at radius 1 is 0.972 bits per heavy atom. The number of ether oxygens (including phenoxy) is 2. The molecule has 0 saturated carbocycles. The Bertz CT molecular complexity index is 1110. The first-order valence-electron chi connectivity index (χ1n) is 14.2. The molecule has 1 atom stereocenters. The highest BCUT2D eigenvalue weighted by Gasteiger charge is 2.45. The van der Waals surface area contributed by atoms with E-state index in [-0.39, 0.29) is 11.6 Å². The SMILES string of the molecule is c1cc2c(c(C3Cc4nc(OCC56CCCN5CCC6)nc(N5CCNCC5)c4CO3)c1)CCCC2. The number of hydrogen-bond donors (Lipinski definition) is 1. The zero-order chi connectivity index (χ0) is 24.0. The van der Waals surface area contributed by atoms with Crippen LogP contribution in [0.25, 0.3) is 0 Å². The van der Waals surface area contributed by atoms with Gasteiger partial charge in [0.15, 0.2) is 0 Å². The van der Waals surface area contributed by atoms with E-state index in [0.29, 0.717) is 19.2 Å². The lowest BCUT2D eigenvalue weighted by Gasteiger charge is -2.35. The van der Waals surface area contributed by atoms with Crippen LogP contribution in [0.1, 0.15) is 72.6 Å². The predicted octanol–water partition coefficient (Wildman–Crippen LogP) is 3.59. The van der Waals surface area contributed by atoms with Crippen LogP contribution in [0.4, 0.5) is 5.82 Å². The van der Waals surface area contributed by atoms with Gasteiger partial charge in [0.25, 0.3) is 0 Å². The zero-order valence-electron chi connectivity index (χ0n) is 21.4. The highest BCUT2D eigenvalue weighted by Crippen LogP contribution is 2.40. The van der Waals surface area contributed by atoms with E-state index in [1.54, 1.807) is 0 Å². The second kappa shape index (κ2) is 9.58. The van der Waals surface area contributed by atoms with Crippen LogP contribution in [0.5, 0.6) is 6.01 Å². The Balaban J connectivity index is 1.19. The van der Waals surface area contributed by atoms with Crippen molar-refractivity contribution in [3.8, 4) is 6.01 Å². The van der Waals surface area contributed by atoms with E-state index < -0.39 is 0 Å². The van der Waals surface area contributed by atoms with Crippen LogP contribution in [0.15, 0.2) is 18.2 Å². The fourth-order valence-corrected chi connectivity index (χ4v) is 7.41. The number of benzene rings is 1.